The molecule has 0 aliphatic carbocycles. The second kappa shape index (κ2) is 5.48. The number of rotatable bonds is 5. The predicted molar refractivity (Wildman–Crippen MR) is 67.1 cm³/mol. The highest BCUT2D eigenvalue weighted by molar-refractivity contribution is 7.89. The molecule has 0 radical (unpaired) electrons. The van der Waals surface area contributed by atoms with Crippen LogP contribution in [0.15, 0.2) is 23.1 Å². The summed E-state index contributed by atoms with van der Waals surface area (Å²) in [5, 5.41) is 8.73. The van der Waals surface area contributed by atoms with Crippen molar-refractivity contribution in [2.75, 3.05) is 12.3 Å². The Labute approximate surface area is 102 Å². The van der Waals surface area contributed by atoms with Crippen molar-refractivity contribution in [3.8, 4) is 0 Å². The van der Waals surface area contributed by atoms with Crippen LogP contribution in [0.3, 0.4) is 0 Å². The van der Waals surface area contributed by atoms with E-state index in [2.05, 4.69) is 4.72 Å². The van der Waals surface area contributed by atoms with Crippen molar-refractivity contribution < 1.29 is 13.5 Å². The van der Waals surface area contributed by atoms with E-state index in [1.165, 1.54) is 12.1 Å². The number of nitrogen functional groups attached to an aromatic ring is 1. The van der Waals surface area contributed by atoms with E-state index in [0.29, 0.717) is 12.1 Å². The first-order valence-electron chi connectivity index (χ1n) is 5.36. The molecule has 6 heteroatoms. The standard InChI is InChI=1S/C11H18N2O3S/c1-8-3-4-10(7-11(8)12)17(15,16)13-9(2)5-6-14/h3-4,7,9,13-14H,5-6,12H2,1-2H3. The topological polar surface area (TPSA) is 92.4 Å². The molecule has 96 valence electrons. The van der Waals surface area contributed by atoms with Gasteiger partial charge in [0.05, 0.1) is 4.90 Å². The van der Waals surface area contributed by atoms with Gasteiger partial charge in [0.15, 0.2) is 0 Å². The first-order valence-corrected chi connectivity index (χ1v) is 6.84. The van der Waals surface area contributed by atoms with Crippen molar-refractivity contribution in [1.82, 2.24) is 4.72 Å². The molecule has 0 aromatic heterocycles. The molecule has 5 nitrogen and oxygen atoms in total. The van der Waals surface area contributed by atoms with Crippen LogP contribution < -0.4 is 10.5 Å². The molecule has 0 fully saturated rings. The van der Waals surface area contributed by atoms with Crippen LogP contribution >= 0.6 is 0 Å². The number of aliphatic hydroxyl groups excluding tert-OH is 1. The molecule has 0 saturated carbocycles. The maximum Gasteiger partial charge on any atom is 0.240 e. The van der Waals surface area contributed by atoms with Crippen molar-refractivity contribution in [3.63, 3.8) is 0 Å². The van der Waals surface area contributed by atoms with E-state index < -0.39 is 10.0 Å². The lowest BCUT2D eigenvalue weighted by atomic mass is 10.2. The van der Waals surface area contributed by atoms with Crippen LogP contribution in [0.5, 0.6) is 0 Å². The van der Waals surface area contributed by atoms with Gasteiger partial charge in [0.2, 0.25) is 10.0 Å². The van der Waals surface area contributed by atoms with E-state index in [1.54, 1.807) is 13.0 Å². The van der Waals surface area contributed by atoms with Gasteiger partial charge in [-0.15, -0.1) is 0 Å². The maximum absolute atomic E-state index is 11.9. The van der Waals surface area contributed by atoms with Gasteiger partial charge in [-0.1, -0.05) is 6.07 Å². The van der Waals surface area contributed by atoms with Gasteiger partial charge in [-0.2, -0.15) is 0 Å². The van der Waals surface area contributed by atoms with Crippen molar-refractivity contribution >= 4 is 15.7 Å². The first-order chi connectivity index (χ1) is 7.86. The van der Waals surface area contributed by atoms with Gasteiger partial charge in [0, 0.05) is 18.3 Å². The van der Waals surface area contributed by atoms with Crippen molar-refractivity contribution in [2.45, 2.75) is 31.2 Å². The number of benzene rings is 1. The molecule has 1 rings (SSSR count). The SMILES string of the molecule is Cc1ccc(S(=O)(=O)NC(C)CCO)cc1N. The van der Waals surface area contributed by atoms with Crippen LogP contribution in [0.1, 0.15) is 18.9 Å². The summed E-state index contributed by atoms with van der Waals surface area (Å²) in [6.07, 6.45) is 0.376. The second-order valence-electron chi connectivity index (χ2n) is 4.05. The Morgan fingerprint density at radius 2 is 2.12 bits per heavy atom. The summed E-state index contributed by atoms with van der Waals surface area (Å²) in [7, 11) is -3.56. The summed E-state index contributed by atoms with van der Waals surface area (Å²) in [6.45, 7) is 3.46. The van der Waals surface area contributed by atoms with Gasteiger partial charge >= 0.3 is 0 Å². The average Bonchev–Trinajstić information content (AvgIpc) is 2.21. The highest BCUT2D eigenvalue weighted by Crippen LogP contribution is 2.17. The van der Waals surface area contributed by atoms with E-state index in [0.717, 1.165) is 5.56 Å². The summed E-state index contributed by atoms with van der Waals surface area (Å²) in [5.41, 5.74) is 6.96. The number of nitrogens with one attached hydrogen (secondary N) is 1. The fourth-order valence-electron chi connectivity index (χ4n) is 1.37. The number of hydrogen-bond donors (Lipinski definition) is 3. The second-order valence-corrected chi connectivity index (χ2v) is 5.77. The zero-order chi connectivity index (χ0) is 13.1. The minimum atomic E-state index is -3.56. The lowest BCUT2D eigenvalue weighted by molar-refractivity contribution is 0.275. The fourth-order valence-corrected chi connectivity index (χ4v) is 2.68. The van der Waals surface area contributed by atoms with Gasteiger partial charge in [-0.3, -0.25) is 0 Å². The van der Waals surface area contributed by atoms with E-state index in [9.17, 15) is 8.42 Å². The number of aryl methyl sites for hydroxylation is 1. The van der Waals surface area contributed by atoms with E-state index in [1.807, 2.05) is 6.92 Å². The highest BCUT2D eigenvalue weighted by atomic mass is 32.2. The molecule has 1 aromatic carbocycles. The summed E-state index contributed by atoms with van der Waals surface area (Å²) in [4.78, 5) is 0.144. The van der Waals surface area contributed by atoms with Gasteiger partial charge in [-0.25, -0.2) is 13.1 Å². The third-order valence-electron chi connectivity index (χ3n) is 2.48. The van der Waals surface area contributed by atoms with E-state index in [-0.39, 0.29) is 17.5 Å². The third-order valence-corrected chi connectivity index (χ3v) is 4.07. The fraction of sp³-hybridized carbons (Fsp3) is 0.455. The van der Waals surface area contributed by atoms with Gasteiger partial charge < -0.3 is 10.8 Å². The van der Waals surface area contributed by atoms with Gasteiger partial charge in [0.1, 0.15) is 0 Å². The molecule has 0 aliphatic rings. The molecule has 4 N–H and O–H groups in total. The average molecular weight is 258 g/mol. The number of hydrogen-bond acceptors (Lipinski definition) is 4. The highest BCUT2D eigenvalue weighted by Gasteiger charge is 2.17. The summed E-state index contributed by atoms with van der Waals surface area (Å²) in [5.74, 6) is 0. The van der Waals surface area contributed by atoms with Crippen molar-refractivity contribution in [2.24, 2.45) is 0 Å². The normalized spacial score (nSPS) is 13.6. The Morgan fingerprint density at radius 1 is 1.47 bits per heavy atom. The van der Waals surface area contributed by atoms with Gasteiger partial charge in [0.25, 0.3) is 0 Å². The summed E-state index contributed by atoms with van der Waals surface area (Å²) in [6, 6.07) is 4.30. The zero-order valence-corrected chi connectivity index (χ0v) is 10.8. The Balaban J connectivity index is 2.93. The smallest absolute Gasteiger partial charge is 0.240 e. The molecule has 0 saturated heterocycles. The van der Waals surface area contributed by atoms with Crippen molar-refractivity contribution in [3.05, 3.63) is 23.8 Å². The van der Waals surface area contributed by atoms with Crippen LogP contribution in [0.4, 0.5) is 5.69 Å². The minimum Gasteiger partial charge on any atom is -0.398 e. The van der Waals surface area contributed by atoms with Crippen LogP contribution in [-0.2, 0) is 10.0 Å². The Kier molecular flexibility index (Phi) is 4.50. The van der Waals surface area contributed by atoms with Crippen LogP contribution in [0.2, 0.25) is 0 Å². The third kappa shape index (κ3) is 3.69. The van der Waals surface area contributed by atoms with Crippen LogP contribution in [0.25, 0.3) is 0 Å². The number of sulfonamides is 1. The molecule has 0 heterocycles. The van der Waals surface area contributed by atoms with E-state index >= 15 is 0 Å². The zero-order valence-electron chi connectivity index (χ0n) is 9.97. The minimum absolute atomic E-state index is 0.0558. The maximum atomic E-state index is 11.9. The number of anilines is 1. The molecule has 0 amide bonds. The Hall–Kier alpha value is -1.11. The predicted octanol–water partition coefficient (Wildman–Crippen LogP) is 0.626. The molecule has 1 atom stereocenters. The molecule has 1 aromatic rings. The number of aliphatic hydroxyl groups is 1. The lowest BCUT2D eigenvalue weighted by Gasteiger charge is -2.13. The molecular weight excluding hydrogens is 240 g/mol. The van der Waals surface area contributed by atoms with Gasteiger partial charge in [-0.05, 0) is 38.0 Å². The number of nitrogens with two attached hydrogens (primary N) is 1. The largest absolute Gasteiger partial charge is 0.398 e. The summed E-state index contributed by atoms with van der Waals surface area (Å²) >= 11 is 0. The lowest BCUT2D eigenvalue weighted by Crippen LogP contribution is -2.33. The Morgan fingerprint density at radius 3 is 2.65 bits per heavy atom. The quantitative estimate of drug-likeness (QED) is 0.675. The molecule has 0 aliphatic heterocycles. The molecule has 17 heavy (non-hydrogen) atoms. The molecule has 0 bridgehead atoms. The van der Waals surface area contributed by atoms with Crippen LogP contribution in [-0.4, -0.2) is 26.2 Å². The molecule has 1 unspecified atom stereocenters. The first kappa shape index (κ1) is 14.0. The van der Waals surface area contributed by atoms with Crippen molar-refractivity contribution in [1.29, 1.82) is 0 Å². The monoisotopic (exact) mass is 258 g/mol. The summed E-state index contributed by atoms with van der Waals surface area (Å²) < 4.78 is 26.3. The molecular formula is C11H18N2O3S. The van der Waals surface area contributed by atoms with E-state index in [4.69, 9.17) is 10.8 Å². The Bertz CT molecular complexity index is 485. The molecule has 0 spiro atoms. The van der Waals surface area contributed by atoms with Crippen LogP contribution in [0, 0.1) is 6.92 Å².